The lowest BCUT2D eigenvalue weighted by Crippen LogP contribution is -2.00. The minimum atomic E-state index is -0.349. The fourth-order valence-corrected chi connectivity index (χ4v) is 1.31. The molecular formula is C12H12FN3O. The van der Waals surface area contributed by atoms with Gasteiger partial charge >= 0.3 is 0 Å². The molecule has 4 nitrogen and oxygen atoms in total. The van der Waals surface area contributed by atoms with Crippen molar-refractivity contribution in [3.8, 4) is 11.6 Å². The third-order valence-corrected chi connectivity index (χ3v) is 1.99. The Morgan fingerprint density at radius 1 is 1.35 bits per heavy atom. The SMILES string of the molecule is CCNc1cncc(Oc2cccc(F)c2)n1. The van der Waals surface area contributed by atoms with E-state index in [0.29, 0.717) is 17.4 Å². The van der Waals surface area contributed by atoms with E-state index in [1.807, 2.05) is 6.92 Å². The van der Waals surface area contributed by atoms with Crippen molar-refractivity contribution in [2.45, 2.75) is 6.92 Å². The van der Waals surface area contributed by atoms with E-state index in [4.69, 9.17) is 4.74 Å². The van der Waals surface area contributed by atoms with Gasteiger partial charge in [-0.2, -0.15) is 4.98 Å². The van der Waals surface area contributed by atoms with Gasteiger partial charge < -0.3 is 10.1 Å². The van der Waals surface area contributed by atoms with Gasteiger partial charge in [0, 0.05) is 12.6 Å². The molecule has 0 aliphatic carbocycles. The standard InChI is InChI=1S/C12H12FN3O/c1-2-15-11-7-14-8-12(16-11)17-10-5-3-4-9(13)6-10/h3-8H,2H2,1H3,(H,15,16). The van der Waals surface area contributed by atoms with Crippen LogP contribution in [0.4, 0.5) is 10.2 Å². The molecule has 1 heterocycles. The van der Waals surface area contributed by atoms with Gasteiger partial charge in [0.15, 0.2) is 0 Å². The first-order valence-corrected chi connectivity index (χ1v) is 5.27. The van der Waals surface area contributed by atoms with Crippen molar-refractivity contribution in [3.05, 3.63) is 42.5 Å². The predicted molar refractivity (Wildman–Crippen MR) is 62.7 cm³/mol. The maximum absolute atomic E-state index is 12.9. The predicted octanol–water partition coefficient (Wildman–Crippen LogP) is 2.84. The fraction of sp³-hybridized carbons (Fsp3) is 0.167. The lowest BCUT2D eigenvalue weighted by atomic mass is 10.3. The molecule has 1 aromatic heterocycles. The van der Waals surface area contributed by atoms with Gasteiger partial charge in [0.25, 0.3) is 0 Å². The molecule has 1 aromatic carbocycles. The van der Waals surface area contributed by atoms with Crippen LogP contribution in [0.15, 0.2) is 36.7 Å². The molecule has 2 aromatic rings. The van der Waals surface area contributed by atoms with Crippen LogP contribution in [0.2, 0.25) is 0 Å². The van der Waals surface area contributed by atoms with E-state index in [1.165, 1.54) is 18.3 Å². The Kier molecular flexibility index (Phi) is 3.49. The fourth-order valence-electron chi connectivity index (χ4n) is 1.31. The Morgan fingerprint density at radius 2 is 2.24 bits per heavy atom. The van der Waals surface area contributed by atoms with Crippen LogP contribution < -0.4 is 10.1 Å². The summed E-state index contributed by atoms with van der Waals surface area (Å²) in [5.41, 5.74) is 0. The largest absolute Gasteiger partial charge is 0.437 e. The van der Waals surface area contributed by atoms with Crippen LogP contribution >= 0.6 is 0 Å². The summed E-state index contributed by atoms with van der Waals surface area (Å²) in [5, 5.41) is 3.02. The summed E-state index contributed by atoms with van der Waals surface area (Å²) in [6.45, 7) is 2.71. The second-order valence-electron chi connectivity index (χ2n) is 3.33. The summed E-state index contributed by atoms with van der Waals surface area (Å²) in [4.78, 5) is 8.15. The van der Waals surface area contributed by atoms with Gasteiger partial charge in [-0.15, -0.1) is 0 Å². The van der Waals surface area contributed by atoms with Crippen molar-refractivity contribution < 1.29 is 9.13 Å². The van der Waals surface area contributed by atoms with Gasteiger partial charge in [0.05, 0.1) is 12.4 Å². The molecule has 0 unspecified atom stereocenters. The molecule has 0 aliphatic rings. The first-order chi connectivity index (χ1) is 8.28. The molecule has 0 saturated heterocycles. The number of hydrogen-bond donors (Lipinski definition) is 1. The molecule has 0 aliphatic heterocycles. The van der Waals surface area contributed by atoms with Gasteiger partial charge in [0.1, 0.15) is 17.4 Å². The molecule has 0 bridgehead atoms. The van der Waals surface area contributed by atoms with Crippen LogP contribution in [-0.4, -0.2) is 16.5 Å². The highest BCUT2D eigenvalue weighted by atomic mass is 19.1. The van der Waals surface area contributed by atoms with Crippen molar-refractivity contribution in [2.75, 3.05) is 11.9 Å². The van der Waals surface area contributed by atoms with Crippen LogP contribution in [0.1, 0.15) is 6.92 Å². The molecular weight excluding hydrogens is 221 g/mol. The zero-order valence-corrected chi connectivity index (χ0v) is 9.35. The second kappa shape index (κ2) is 5.25. The summed E-state index contributed by atoms with van der Waals surface area (Å²) in [6.07, 6.45) is 3.08. The molecule has 2 rings (SSSR count). The van der Waals surface area contributed by atoms with Crippen LogP contribution in [-0.2, 0) is 0 Å². The number of rotatable bonds is 4. The monoisotopic (exact) mass is 233 g/mol. The Hall–Kier alpha value is -2.17. The first-order valence-electron chi connectivity index (χ1n) is 5.27. The van der Waals surface area contributed by atoms with Crippen LogP contribution in [0.5, 0.6) is 11.6 Å². The third-order valence-electron chi connectivity index (χ3n) is 1.99. The van der Waals surface area contributed by atoms with Crippen molar-refractivity contribution in [1.82, 2.24) is 9.97 Å². The number of hydrogen-bond acceptors (Lipinski definition) is 4. The van der Waals surface area contributed by atoms with E-state index in [0.717, 1.165) is 6.54 Å². The number of nitrogens with one attached hydrogen (secondary N) is 1. The lowest BCUT2D eigenvalue weighted by Gasteiger charge is -2.06. The number of aromatic nitrogens is 2. The molecule has 5 heteroatoms. The van der Waals surface area contributed by atoms with Crippen LogP contribution in [0.3, 0.4) is 0 Å². The number of nitrogens with zero attached hydrogens (tertiary/aromatic N) is 2. The van der Waals surface area contributed by atoms with Gasteiger partial charge in [-0.3, -0.25) is 4.98 Å². The van der Waals surface area contributed by atoms with Gasteiger partial charge in [-0.05, 0) is 19.1 Å². The number of anilines is 1. The molecule has 0 spiro atoms. The number of benzene rings is 1. The summed E-state index contributed by atoms with van der Waals surface area (Å²) in [6, 6.07) is 5.88. The van der Waals surface area contributed by atoms with Gasteiger partial charge in [0.2, 0.25) is 5.88 Å². The first kappa shape index (κ1) is 11.3. The van der Waals surface area contributed by atoms with Crippen molar-refractivity contribution in [2.24, 2.45) is 0 Å². The maximum atomic E-state index is 12.9. The number of ether oxygens (including phenoxy) is 1. The molecule has 0 saturated carbocycles. The zero-order valence-electron chi connectivity index (χ0n) is 9.35. The zero-order chi connectivity index (χ0) is 12.1. The molecule has 0 fully saturated rings. The third kappa shape index (κ3) is 3.14. The molecule has 88 valence electrons. The smallest absolute Gasteiger partial charge is 0.239 e. The maximum Gasteiger partial charge on any atom is 0.239 e. The van der Waals surface area contributed by atoms with Gasteiger partial charge in [-0.1, -0.05) is 6.07 Å². The highest BCUT2D eigenvalue weighted by Crippen LogP contribution is 2.20. The van der Waals surface area contributed by atoms with E-state index >= 15 is 0 Å². The Morgan fingerprint density at radius 3 is 3.00 bits per heavy atom. The molecule has 1 N–H and O–H groups in total. The van der Waals surface area contributed by atoms with Crippen molar-refractivity contribution in [1.29, 1.82) is 0 Å². The summed E-state index contributed by atoms with van der Waals surface area (Å²) in [7, 11) is 0. The van der Waals surface area contributed by atoms with E-state index in [2.05, 4.69) is 15.3 Å². The Labute approximate surface area is 98.5 Å². The average Bonchev–Trinajstić information content (AvgIpc) is 2.30. The Balaban J connectivity index is 2.15. The summed E-state index contributed by atoms with van der Waals surface area (Å²) in [5.74, 6) is 1.00. The topological polar surface area (TPSA) is 47.0 Å². The van der Waals surface area contributed by atoms with E-state index in [1.54, 1.807) is 18.3 Å². The summed E-state index contributed by atoms with van der Waals surface area (Å²) < 4.78 is 18.3. The van der Waals surface area contributed by atoms with Crippen LogP contribution in [0.25, 0.3) is 0 Å². The normalized spacial score (nSPS) is 10.0. The minimum absolute atomic E-state index is 0.328. The highest BCUT2D eigenvalue weighted by molar-refractivity contribution is 5.34. The molecule has 0 atom stereocenters. The summed E-state index contributed by atoms with van der Waals surface area (Å²) >= 11 is 0. The van der Waals surface area contributed by atoms with Crippen molar-refractivity contribution >= 4 is 5.82 Å². The lowest BCUT2D eigenvalue weighted by molar-refractivity contribution is 0.456. The van der Waals surface area contributed by atoms with E-state index in [9.17, 15) is 4.39 Å². The highest BCUT2D eigenvalue weighted by Gasteiger charge is 2.01. The molecule has 17 heavy (non-hydrogen) atoms. The van der Waals surface area contributed by atoms with Crippen molar-refractivity contribution in [3.63, 3.8) is 0 Å². The molecule has 0 radical (unpaired) electrons. The van der Waals surface area contributed by atoms with E-state index in [-0.39, 0.29) is 5.82 Å². The molecule has 0 amide bonds. The Bertz CT molecular complexity index is 505. The van der Waals surface area contributed by atoms with E-state index < -0.39 is 0 Å². The second-order valence-corrected chi connectivity index (χ2v) is 3.33. The average molecular weight is 233 g/mol. The minimum Gasteiger partial charge on any atom is -0.437 e. The number of halogens is 1. The van der Waals surface area contributed by atoms with Gasteiger partial charge in [-0.25, -0.2) is 4.39 Å². The quantitative estimate of drug-likeness (QED) is 0.882. The van der Waals surface area contributed by atoms with Crippen LogP contribution in [0, 0.1) is 5.82 Å².